The lowest BCUT2D eigenvalue weighted by Crippen LogP contribution is -2.32. The van der Waals surface area contributed by atoms with Crippen molar-refractivity contribution >= 4 is 34.7 Å². The van der Waals surface area contributed by atoms with Gasteiger partial charge in [-0.15, -0.1) is 0 Å². The molecule has 0 aliphatic heterocycles. The van der Waals surface area contributed by atoms with Crippen LogP contribution in [0.5, 0.6) is 11.5 Å². The largest absolute Gasteiger partial charge is 0.507 e. The molecule has 10 N–H and O–H groups in total. The molecule has 346 valence electrons. The number of ketones is 6. The zero-order valence-electron chi connectivity index (χ0n) is 36.2. The zero-order chi connectivity index (χ0) is 43.7. The molecule has 2 aliphatic carbocycles. The number of aryl methyl sites for hydroxylation is 2. The quantitative estimate of drug-likeness (QED) is 0.100. The molecule has 60 heavy (non-hydrogen) atoms. The summed E-state index contributed by atoms with van der Waals surface area (Å²) in [6, 6.07) is 6.62. The summed E-state index contributed by atoms with van der Waals surface area (Å²) in [5, 5.41) is 58.3. The van der Waals surface area contributed by atoms with Gasteiger partial charge in [-0.3, -0.25) is 28.8 Å². The van der Waals surface area contributed by atoms with Crippen LogP contribution in [0.3, 0.4) is 0 Å². The summed E-state index contributed by atoms with van der Waals surface area (Å²) in [5.74, 6) is -3.53. The smallest absolute Gasteiger partial charge is 0.167 e. The number of phenols is 2. The summed E-state index contributed by atoms with van der Waals surface area (Å²) in [5.41, 5.74) is 4.30. The van der Waals surface area contributed by atoms with Gasteiger partial charge in [0, 0.05) is 43.6 Å². The minimum Gasteiger partial charge on any atom is -0.507 e. The molecule has 2 aromatic carbocycles. The van der Waals surface area contributed by atoms with E-state index in [-0.39, 0.29) is 139 Å². The molecule has 6 atom stereocenters. The number of Topliss-reactive ketones (excluding diaryl/α,β-unsaturated/α-hetero) is 6. The Bertz CT molecular complexity index is 1630. The van der Waals surface area contributed by atoms with E-state index in [1.54, 1.807) is 12.1 Å². The van der Waals surface area contributed by atoms with E-state index in [1.165, 1.54) is 38.8 Å². The van der Waals surface area contributed by atoms with Crippen LogP contribution in [0.1, 0.15) is 141 Å². The average molecular weight is 855 g/mol. The fraction of sp³-hybridized carbons (Fsp3) is 0.609. The topological polar surface area (TPSA) is 287 Å². The Balaban J connectivity index is -0.000000307. The van der Waals surface area contributed by atoms with Crippen molar-refractivity contribution in [3.05, 3.63) is 57.6 Å². The molecule has 0 saturated carbocycles. The van der Waals surface area contributed by atoms with Gasteiger partial charge in [-0.2, -0.15) is 0 Å². The second-order valence-corrected chi connectivity index (χ2v) is 16.2. The molecule has 0 bridgehead atoms. The predicted molar refractivity (Wildman–Crippen MR) is 236 cm³/mol. The minimum absolute atomic E-state index is 0. The first kappa shape index (κ1) is 55.8. The van der Waals surface area contributed by atoms with Gasteiger partial charge in [0.25, 0.3) is 0 Å². The first-order chi connectivity index (χ1) is 27.5. The molecule has 0 radical (unpaired) electrons. The normalized spacial score (nSPS) is 17.3. The Morgan fingerprint density at radius 2 is 0.950 bits per heavy atom. The number of phenolic OH excluding ortho intramolecular Hbond substituents is 2. The van der Waals surface area contributed by atoms with Crippen molar-refractivity contribution in [2.75, 3.05) is 26.4 Å². The molecule has 4 rings (SSSR count). The lowest BCUT2D eigenvalue weighted by molar-refractivity contribution is -0.132. The highest BCUT2D eigenvalue weighted by atomic mass is 16.3. The molecule has 14 heteroatoms. The summed E-state index contributed by atoms with van der Waals surface area (Å²) in [7, 11) is 0. The highest BCUT2D eigenvalue weighted by Gasteiger charge is 2.36. The van der Waals surface area contributed by atoms with Gasteiger partial charge in [0.15, 0.2) is 11.6 Å². The third-order valence-corrected chi connectivity index (χ3v) is 11.5. The minimum atomic E-state index is -0.720. The Morgan fingerprint density at radius 3 is 1.22 bits per heavy atom. The van der Waals surface area contributed by atoms with Crippen LogP contribution in [0.4, 0.5) is 0 Å². The number of hydrogen-bond acceptors (Lipinski definition) is 12. The second-order valence-electron chi connectivity index (χ2n) is 16.2. The molecule has 2 aromatic rings. The van der Waals surface area contributed by atoms with Crippen LogP contribution in [0.2, 0.25) is 0 Å². The number of carbonyl (C=O) groups is 6. The van der Waals surface area contributed by atoms with Crippen molar-refractivity contribution in [2.45, 2.75) is 119 Å². The first-order valence-corrected chi connectivity index (χ1v) is 20.6. The van der Waals surface area contributed by atoms with Gasteiger partial charge in [0.05, 0.1) is 37.2 Å². The van der Waals surface area contributed by atoms with Crippen LogP contribution >= 0.6 is 0 Å². The second kappa shape index (κ2) is 27.6. The van der Waals surface area contributed by atoms with E-state index in [0.717, 1.165) is 22.3 Å². The highest BCUT2D eigenvalue weighted by Crippen LogP contribution is 2.39. The first-order valence-electron chi connectivity index (χ1n) is 20.6. The van der Waals surface area contributed by atoms with E-state index in [2.05, 4.69) is 13.8 Å². The fourth-order valence-electron chi connectivity index (χ4n) is 8.35. The van der Waals surface area contributed by atoms with Crippen molar-refractivity contribution in [1.82, 2.24) is 0 Å². The van der Waals surface area contributed by atoms with E-state index < -0.39 is 11.8 Å². The number of rotatable bonds is 19. The molecule has 0 amide bonds. The number of aliphatic hydroxyl groups excluding tert-OH is 4. The van der Waals surface area contributed by atoms with E-state index in [1.807, 2.05) is 13.8 Å². The Kier molecular flexibility index (Phi) is 25.7. The van der Waals surface area contributed by atoms with Gasteiger partial charge < -0.3 is 41.6 Å². The highest BCUT2D eigenvalue weighted by molar-refractivity contribution is 6.02. The maximum absolute atomic E-state index is 12.6. The Hall–Kier alpha value is -4.18. The Labute approximate surface area is 360 Å². The number of benzene rings is 2. The molecule has 6 unspecified atom stereocenters. The SMILES string of the molecule is CC(=O)CC(=O)C(CO)C(CCO)CC1CC(=O)c2c(O)ccc(C)c2C1.CC(=O)CC(=O)C(CO)C(CCO)CC1CC(=O)c2c(O)ccc(C)c2C1.CCCC.O.O.[HH].[HH].[HH].[HH]. The molecule has 0 heterocycles. The maximum atomic E-state index is 12.6. The van der Waals surface area contributed by atoms with Gasteiger partial charge >= 0.3 is 0 Å². The van der Waals surface area contributed by atoms with E-state index >= 15 is 0 Å². The van der Waals surface area contributed by atoms with Gasteiger partial charge in [0.1, 0.15) is 34.6 Å². The number of hydrogen-bond donors (Lipinski definition) is 6. The predicted octanol–water partition coefficient (Wildman–Crippen LogP) is 5.12. The number of fused-ring (bicyclic) bond motifs is 2. The zero-order valence-corrected chi connectivity index (χ0v) is 36.2. The van der Waals surface area contributed by atoms with E-state index in [9.17, 15) is 59.4 Å². The number of unbranched alkanes of at least 4 members (excludes halogenated alkanes) is 1. The van der Waals surface area contributed by atoms with Crippen molar-refractivity contribution in [2.24, 2.45) is 35.5 Å². The molecule has 0 spiro atoms. The lowest BCUT2D eigenvalue weighted by Gasteiger charge is -2.31. The summed E-state index contributed by atoms with van der Waals surface area (Å²) < 4.78 is 0. The van der Waals surface area contributed by atoms with Gasteiger partial charge in [-0.05, 0) is 124 Å². The summed E-state index contributed by atoms with van der Waals surface area (Å²) in [6.07, 6.45) is 5.53. The molecule has 0 saturated heterocycles. The summed E-state index contributed by atoms with van der Waals surface area (Å²) in [6.45, 7) is 9.79. The van der Waals surface area contributed by atoms with Crippen molar-refractivity contribution in [1.29, 1.82) is 0 Å². The van der Waals surface area contributed by atoms with Crippen LogP contribution in [0, 0.1) is 49.4 Å². The van der Waals surface area contributed by atoms with Crippen molar-refractivity contribution in [3.63, 3.8) is 0 Å². The molecular formula is C46H78O14. The summed E-state index contributed by atoms with van der Waals surface area (Å²) in [4.78, 5) is 72.3. The number of aliphatic hydroxyl groups is 4. The van der Waals surface area contributed by atoms with Crippen LogP contribution < -0.4 is 0 Å². The van der Waals surface area contributed by atoms with E-state index in [0.29, 0.717) is 49.7 Å². The standard InChI is InChI=1S/2C21H28O6.C4H10.2H2O.4H2/c2*1-12-3-4-18(25)21-16(12)9-14(10-20(21)27)8-15(5-6-22)17(11-23)19(26)7-13(2)24;1-3-4-2;;;;;;/h2*3-4,14-15,17,22-23,25H,5-11H2,1-2H3;3-4H2,1-2H3;2*1H2;4*1H. The van der Waals surface area contributed by atoms with E-state index in [4.69, 9.17) is 0 Å². The van der Waals surface area contributed by atoms with Crippen molar-refractivity contribution < 1.29 is 76.1 Å². The lowest BCUT2D eigenvalue weighted by atomic mass is 9.73. The van der Waals surface area contributed by atoms with Crippen molar-refractivity contribution in [3.8, 4) is 11.5 Å². The van der Waals surface area contributed by atoms with Gasteiger partial charge in [-0.1, -0.05) is 38.8 Å². The third-order valence-electron chi connectivity index (χ3n) is 11.5. The molecular weight excluding hydrogens is 776 g/mol. The average Bonchev–Trinajstić information content (AvgIpc) is 3.15. The Morgan fingerprint density at radius 1 is 0.617 bits per heavy atom. The molecule has 2 aliphatic rings. The number of aromatic hydroxyl groups is 2. The van der Waals surface area contributed by atoms with Crippen LogP contribution in [-0.4, -0.2) is 103 Å². The third kappa shape index (κ3) is 16.0. The maximum Gasteiger partial charge on any atom is 0.167 e. The van der Waals surface area contributed by atoms with Gasteiger partial charge in [-0.25, -0.2) is 0 Å². The summed E-state index contributed by atoms with van der Waals surface area (Å²) >= 11 is 0. The van der Waals surface area contributed by atoms with Gasteiger partial charge in [0.2, 0.25) is 0 Å². The molecule has 14 nitrogen and oxygen atoms in total. The van der Waals surface area contributed by atoms with Crippen LogP contribution in [0.25, 0.3) is 0 Å². The van der Waals surface area contributed by atoms with Crippen LogP contribution in [0.15, 0.2) is 24.3 Å². The fourth-order valence-corrected chi connectivity index (χ4v) is 8.35. The van der Waals surface area contributed by atoms with Crippen LogP contribution in [-0.2, 0) is 32.0 Å². The number of carbonyl (C=O) groups excluding carboxylic acids is 6. The molecule has 0 aromatic heterocycles. The monoisotopic (exact) mass is 855 g/mol. The molecule has 0 fully saturated rings.